The highest BCUT2D eigenvalue weighted by Gasteiger charge is 2.10. The lowest BCUT2D eigenvalue weighted by atomic mass is 10.1. The molecule has 1 rings (SSSR count). The van der Waals surface area contributed by atoms with Crippen LogP contribution >= 0.6 is 0 Å². The van der Waals surface area contributed by atoms with Crippen molar-refractivity contribution in [3.8, 4) is 0 Å². The van der Waals surface area contributed by atoms with Crippen molar-refractivity contribution in [1.29, 1.82) is 0 Å². The Labute approximate surface area is 93.2 Å². The number of carbonyl (C=O) groups is 2. The minimum atomic E-state index is -0.603. The number of Topliss-reactive ketones (excluding diaryl/α,β-unsaturated/α-hetero) is 1. The molecular formula is C12H13FO3. The molecule has 0 radical (unpaired) electrons. The van der Waals surface area contributed by atoms with Gasteiger partial charge < -0.3 is 4.74 Å². The molecule has 0 heterocycles. The normalized spacial score (nSPS) is 9.94. The smallest absolute Gasteiger partial charge is 0.310 e. The van der Waals surface area contributed by atoms with Gasteiger partial charge >= 0.3 is 5.97 Å². The van der Waals surface area contributed by atoms with Crippen LogP contribution in [-0.4, -0.2) is 18.4 Å². The molecule has 0 aromatic heterocycles. The van der Waals surface area contributed by atoms with E-state index in [1.165, 1.54) is 19.1 Å². The Bertz CT molecular complexity index is 413. The van der Waals surface area contributed by atoms with Crippen molar-refractivity contribution in [2.45, 2.75) is 20.3 Å². The van der Waals surface area contributed by atoms with Crippen molar-refractivity contribution in [2.24, 2.45) is 0 Å². The summed E-state index contributed by atoms with van der Waals surface area (Å²) < 4.78 is 18.1. The molecule has 0 atom stereocenters. The molecule has 0 unspecified atom stereocenters. The van der Waals surface area contributed by atoms with Gasteiger partial charge in [0, 0.05) is 0 Å². The molecule has 0 N–H and O–H groups in total. The van der Waals surface area contributed by atoms with Gasteiger partial charge in [0.1, 0.15) is 5.82 Å². The summed E-state index contributed by atoms with van der Waals surface area (Å²) in [5.41, 5.74) is 0.536. The highest BCUT2D eigenvalue weighted by molar-refractivity contribution is 5.94. The lowest BCUT2D eigenvalue weighted by Gasteiger charge is -2.04. The number of hydrogen-bond acceptors (Lipinski definition) is 3. The van der Waals surface area contributed by atoms with Crippen LogP contribution in [0.2, 0.25) is 0 Å². The van der Waals surface area contributed by atoms with E-state index in [-0.39, 0.29) is 17.8 Å². The maximum atomic E-state index is 13.4. The third-order valence-electron chi connectivity index (χ3n) is 2.07. The molecule has 86 valence electrons. The van der Waals surface area contributed by atoms with Crippen LogP contribution in [0, 0.1) is 5.82 Å². The molecule has 0 aliphatic carbocycles. The average molecular weight is 224 g/mol. The summed E-state index contributed by atoms with van der Waals surface area (Å²) in [4.78, 5) is 22.1. The molecule has 0 spiro atoms. The number of esters is 1. The fraction of sp³-hybridized carbons (Fsp3) is 0.333. The third-order valence-corrected chi connectivity index (χ3v) is 2.07. The van der Waals surface area contributed by atoms with Crippen molar-refractivity contribution in [3.05, 3.63) is 35.1 Å². The van der Waals surface area contributed by atoms with E-state index in [9.17, 15) is 14.0 Å². The number of benzene rings is 1. The predicted molar refractivity (Wildman–Crippen MR) is 56.7 cm³/mol. The largest absolute Gasteiger partial charge is 0.466 e. The zero-order chi connectivity index (χ0) is 12.1. The molecule has 0 aliphatic heterocycles. The number of carbonyl (C=O) groups excluding carboxylic acids is 2. The first kappa shape index (κ1) is 12.4. The second kappa shape index (κ2) is 5.39. The fourth-order valence-electron chi connectivity index (χ4n) is 1.33. The average Bonchev–Trinajstić information content (AvgIpc) is 2.17. The molecule has 0 fully saturated rings. The van der Waals surface area contributed by atoms with Crippen LogP contribution in [0.15, 0.2) is 18.2 Å². The number of ether oxygens (including phenoxy) is 1. The third kappa shape index (κ3) is 3.15. The maximum Gasteiger partial charge on any atom is 0.310 e. The van der Waals surface area contributed by atoms with Gasteiger partial charge in [-0.3, -0.25) is 9.59 Å². The minimum Gasteiger partial charge on any atom is -0.466 e. The number of rotatable bonds is 4. The maximum absolute atomic E-state index is 13.4. The fourth-order valence-corrected chi connectivity index (χ4v) is 1.33. The summed E-state index contributed by atoms with van der Waals surface area (Å²) >= 11 is 0. The standard InChI is InChI=1S/C12H13FO3/c1-3-16-12(15)7-9-4-5-10(8(2)14)11(13)6-9/h4-6H,3,7H2,1-2H3. The SMILES string of the molecule is CCOC(=O)Cc1ccc(C(C)=O)c(F)c1. The Hall–Kier alpha value is -1.71. The summed E-state index contributed by atoms with van der Waals surface area (Å²) in [7, 11) is 0. The number of hydrogen-bond donors (Lipinski definition) is 0. The van der Waals surface area contributed by atoms with Gasteiger partial charge in [-0.15, -0.1) is 0 Å². The highest BCUT2D eigenvalue weighted by Crippen LogP contribution is 2.12. The van der Waals surface area contributed by atoms with Crippen LogP contribution in [0.4, 0.5) is 4.39 Å². The molecule has 0 aliphatic rings. The molecule has 0 saturated heterocycles. The molecule has 1 aromatic rings. The second-order valence-electron chi connectivity index (χ2n) is 3.35. The van der Waals surface area contributed by atoms with Crippen LogP contribution < -0.4 is 0 Å². The van der Waals surface area contributed by atoms with Crippen LogP contribution in [0.25, 0.3) is 0 Å². The van der Waals surface area contributed by atoms with Gasteiger partial charge in [0.2, 0.25) is 0 Å². The summed E-state index contributed by atoms with van der Waals surface area (Å²) in [6.07, 6.45) is 0.0168. The molecule has 0 bridgehead atoms. The molecule has 0 amide bonds. The van der Waals surface area contributed by atoms with E-state index in [1.54, 1.807) is 13.0 Å². The summed E-state index contributed by atoms with van der Waals surface area (Å²) in [6, 6.07) is 4.12. The van der Waals surface area contributed by atoms with E-state index in [4.69, 9.17) is 4.74 Å². The first-order chi connectivity index (χ1) is 7.54. The molecule has 3 nitrogen and oxygen atoms in total. The molecule has 16 heavy (non-hydrogen) atoms. The van der Waals surface area contributed by atoms with E-state index in [0.29, 0.717) is 12.2 Å². The zero-order valence-electron chi connectivity index (χ0n) is 9.25. The van der Waals surface area contributed by atoms with Crippen LogP contribution in [0.5, 0.6) is 0 Å². The van der Waals surface area contributed by atoms with Crippen LogP contribution in [-0.2, 0) is 16.0 Å². The summed E-state index contributed by atoms with van der Waals surface area (Å²) in [5, 5.41) is 0. The van der Waals surface area contributed by atoms with Crippen molar-refractivity contribution < 1.29 is 18.7 Å². The Morgan fingerprint density at radius 3 is 2.56 bits per heavy atom. The van der Waals surface area contributed by atoms with Gasteiger partial charge in [-0.1, -0.05) is 6.07 Å². The topological polar surface area (TPSA) is 43.4 Å². The Kier molecular flexibility index (Phi) is 4.17. The summed E-state index contributed by atoms with van der Waals surface area (Å²) in [6.45, 7) is 3.30. The predicted octanol–water partition coefficient (Wildman–Crippen LogP) is 2.13. The molecule has 1 aromatic carbocycles. The van der Waals surface area contributed by atoms with Gasteiger partial charge in [0.05, 0.1) is 18.6 Å². The van der Waals surface area contributed by atoms with Crippen LogP contribution in [0.1, 0.15) is 29.8 Å². The Morgan fingerprint density at radius 1 is 1.38 bits per heavy atom. The van der Waals surface area contributed by atoms with Gasteiger partial charge in [-0.2, -0.15) is 0 Å². The van der Waals surface area contributed by atoms with E-state index < -0.39 is 11.8 Å². The first-order valence-corrected chi connectivity index (χ1v) is 4.99. The van der Waals surface area contributed by atoms with Crippen molar-refractivity contribution >= 4 is 11.8 Å². The van der Waals surface area contributed by atoms with Crippen LogP contribution in [0.3, 0.4) is 0 Å². The van der Waals surface area contributed by atoms with Gasteiger partial charge in [0.15, 0.2) is 5.78 Å². The number of ketones is 1. The second-order valence-corrected chi connectivity index (χ2v) is 3.35. The van der Waals surface area contributed by atoms with Gasteiger partial charge in [0.25, 0.3) is 0 Å². The Balaban J connectivity index is 2.81. The minimum absolute atomic E-state index is 0.0168. The lowest BCUT2D eigenvalue weighted by Crippen LogP contribution is -2.08. The molecule has 4 heteroatoms. The van der Waals surface area contributed by atoms with E-state index in [2.05, 4.69) is 0 Å². The zero-order valence-corrected chi connectivity index (χ0v) is 9.25. The molecule has 0 saturated carbocycles. The Morgan fingerprint density at radius 2 is 2.06 bits per heavy atom. The summed E-state index contributed by atoms with van der Waals surface area (Å²) in [5.74, 6) is -1.34. The number of halogens is 1. The lowest BCUT2D eigenvalue weighted by molar-refractivity contribution is -0.142. The van der Waals surface area contributed by atoms with E-state index in [0.717, 1.165) is 0 Å². The van der Waals surface area contributed by atoms with E-state index in [1.807, 2.05) is 0 Å². The van der Waals surface area contributed by atoms with Crippen molar-refractivity contribution in [1.82, 2.24) is 0 Å². The quantitative estimate of drug-likeness (QED) is 0.581. The van der Waals surface area contributed by atoms with Crippen molar-refractivity contribution in [3.63, 3.8) is 0 Å². The monoisotopic (exact) mass is 224 g/mol. The molecular weight excluding hydrogens is 211 g/mol. The first-order valence-electron chi connectivity index (χ1n) is 4.99. The van der Waals surface area contributed by atoms with E-state index >= 15 is 0 Å². The van der Waals surface area contributed by atoms with Gasteiger partial charge in [-0.05, 0) is 31.5 Å². The van der Waals surface area contributed by atoms with Crippen molar-refractivity contribution in [2.75, 3.05) is 6.61 Å². The highest BCUT2D eigenvalue weighted by atomic mass is 19.1. The van der Waals surface area contributed by atoms with Gasteiger partial charge in [-0.25, -0.2) is 4.39 Å².